The lowest BCUT2D eigenvalue weighted by Crippen LogP contribution is -2.53. The molecule has 0 atom stereocenters. The molecule has 0 aromatic heterocycles. The van der Waals surface area contributed by atoms with Crippen molar-refractivity contribution >= 4 is 5.91 Å². The molecule has 0 bridgehead atoms. The minimum atomic E-state index is 0.286. The number of likely N-dealkylation sites (N-methyl/N-ethyl adjacent to an activating group) is 1. The van der Waals surface area contributed by atoms with Crippen LogP contribution in [0.5, 0.6) is 0 Å². The molecule has 1 aliphatic heterocycles. The van der Waals surface area contributed by atoms with Crippen molar-refractivity contribution < 1.29 is 4.79 Å². The smallest absolute Gasteiger partial charge is 0.236 e. The molecule has 17 heavy (non-hydrogen) atoms. The Morgan fingerprint density at radius 1 is 1.24 bits per heavy atom. The van der Waals surface area contributed by atoms with Gasteiger partial charge in [-0.25, -0.2) is 0 Å². The first kappa shape index (κ1) is 12.8. The third-order valence-electron chi connectivity index (χ3n) is 4.31. The fourth-order valence-corrected chi connectivity index (χ4v) is 3.09. The van der Waals surface area contributed by atoms with Gasteiger partial charge in [0.25, 0.3) is 0 Å². The van der Waals surface area contributed by atoms with Crippen LogP contribution in [0.1, 0.15) is 25.7 Å². The minimum Gasteiger partial charge on any atom is -0.343 e. The van der Waals surface area contributed by atoms with Crippen molar-refractivity contribution in [3.05, 3.63) is 0 Å². The van der Waals surface area contributed by atoms with Gasteiger partial charge in [-0.3, -0.25) is 9.69 Å². The number of piperazine rings is 1. The van der Waals surface area contributed by atoms with Gasteiger partial charge in [-0.05, 0) is 45.2 Å². The first-order valence-corrected chi connectivity index (χ1v) is 6.83. The maximum atomic E-state index is 11.7. The summed E-state index contributed by atoms with van der Waals surface area (Å²) in [6, 6.07) is 0.653. The van der Waals surface area contributed by atoms with Crippen molar-refractivity contribution in [2.24, 2.45) is 5.92 Å². The quantitative estimate of drug-likeness (QED) is 0.781. The van der Waals surface area contributed by atoms with Gasteiger partial charge in [-0.15, -0.1) is 0 Å². The van der Waals surface area contributed by atoms with Crippen LogP contribution in [0.15, 0.2) is 0 Å². The molecule has 1 aliphatic carbocycles. The molecule has 4 nitrogen and oxygen atoms in total. The number of hydrogen-bond donors (Lipinski definition) is 1. The van der Waals surface area contributed by atoms with Crippen molar-refractivity contribution in [1.29, 1.82) is 0 Å². The molecule has 1 saturated carbocycles. The van der Waals surface area contributed by atoms with Crippen molar-refractivity contribution in [3.63, 3.8) is 0 Å². The van der Waals surface area contributed by atoms with Gasteiger partial charge in [-0.2, -0.15) is 0 Å². The molecule has 0 unspecified atom stereocenters. The van der Waals surface area contributed by atoms with E-state index in [4.69, 9.17) is 0 Å². The molecule has 98 valence electrons. The molecule has 0 spiro atoms. The highest BCUT2D eigenvalue weighted by molar-refractivity contribution is 5.78. The standard InChI is InChI=1S/C13H25N3O/c1-14-9-11-3-5-12(6-4-11)16-8-7-15(2)13(17)10-16/h11-12,14H,3-10H2,1-2H3. The average Bonchev–Trinajstić information content (AvgIpc) is 2.34. The zero-order valence-electron chi connectivity index (χ0n) is 11.1. The van der Waals surface area contributed by atoms with Crippen LogP contribution in [-0.2, 0) is 4.79 Å². The number of hydrogen-bond acceptors (Lipinski definition) is 3. The predicted molar refractivity (Wildman–Crippen MR) is 68.9 cm³/mol. The molecule has 0 aromatic rings. The van der Waals surface area contributed by atoms with Gasteiger partial charge in [-0.1, -0.05) is 0 Å². The molecule has 1 N–H and O–H groups in total. The summed E-state index contributed by atoms with van der Waals surface area (Å²) in [5.41, 5.74) is 0. The van der Waals surface area contributed by atoms with E-state index in [1.54, 1.807) is 0 Å². The summed E-state index contributed by atoms with van der Waals surface area (Å²) in [7, 11) is 3.94. The van der Waals surface area contributed by atoms with E-state index in [2.05, 4.69) is 10.2 Å². The van der Waals surface area contributed by atoms with Gasteiger partial charge >= 0.3 is 0 Å². The van der Waals surface area contributed by atoms with Crippen LogP contribution < -0.4 is 5.32 Å². The van der Waals surface area contributed by atoms with Crippen LogP contribution in [-0.4, -0.2) is 62.0 Å². The molecular formula is C13H25N3O. The second-order valence-corrected chi connectivity index (χ2v) is 5.52. The molecule has 0 aromatic carbocycles. The Morgan fingerprint density at radius 3 is 2.53 bits per heavy atom. The second kappa shape index (κ2) is 5.83. The molecule has 2 aliphatic rings. The van der Waals surface area contributed by atoms with Crippen LogP contribution in [0.25, 0.3) is 0 Å². The van der Waals surface area contributed by atoms with Gasteiger partial charge < -0.3 is 10.2 Å². The lowest BCUT2D eigenvalue weighted by molar-refractivity contribution is -0.135. The molecule has 1 saturated heterocycles. The molecular weight excluding hydrogens is 214 g/mol. The largest absolute Gasteiger partial charge is 0.343 e. The van der Waals surface area contributed by atoms with Gasteiger partial charge in [0.1, 0.15) is 0 Å². The highest BCUT2D eigenvalue weighted by Crippen LogP contribution is 2.27. The van der Waals surface area contributed by atoms with E-state index in [-0.39, 0.29) is 5.91 Å². The predicted octanol–water partition coefficient (Wildman–Crippen LogP) is 0.539. The van der Waals surface area contributed by atoms with Gasteiger partial charge in [0, 0.05) is 26.2 Å². The summed E-state index contributed by atoms with van der Waals surface area (Å²) in [6.07, 6.45) is 5.16. The Bertz CT molecular complexity index is 261. The zero-order valence-corrected chi connectivity index (χ0v) is 11.1. The highest BCUT2D eigenvalue weighted by atomic mass is 16.2. The summed E-state index contributed by atoms with van der Waals surface area (Å²) < 4.78 is 0. The number of nitrogens with one attached hydrogen (secondary N) is 1. The number of nitrogens with zero attached hydrogens (tertiary/aromatic N) is 2. The molecule has 4 heteroatoms. The van der Waals surface area contributed by atoms with E-state index >= 15 is 0 Å². The lowest BCUT2D eigenvalue weighted by atomic mass is 9.85. The van der Waals surface area contributed by atoms with E-state index in [0.29, 0.717) is 12.6 Å². The van der Waals surface area contributed by atoms with Crippen LogP contribution >= 0.6 is 0 Å². The Hall–Kier alpha value is -0.610. The third kappa shape index (κ3) is 3.19. The molecule has 2 fully saturated rings. The van der Waals surface area contributed by atoms with E-state index in [1.165, 1.54) is 25.7 Å². The van der Waals surface area contributed by atoms with Gasteiger partial charge in [0.05, 0.1) is 6.54 Å². The normalized spacial score (nSPS) is 31.9. The fourth-order valence-electron chi connectivity index (χ4n) is 3.09. The van der Waals surface area contributed by atoms with Gasteiger partial charge in [0.15, 0.2) is 0 Å². The fraction of sp³-hybridized carbons (Fsp3) is 0.923. The van der Waals surface area contributed by atoms with E-state index in [9.17, 15) is 4.79 Å². The monoisotopic (exact) mass is 239 g/mol. The topological polar surface area (TPSA) is 35.6 Å². The molecule has 1 heterocycles. The maximum Gasteiger partial charge on any atom is 0.236 e. The van der Waals surface area contributed by atoms with Crippen molar-refractivity contribution in [3.8, 4) is 0 Å². The van der Waals surface area contributed by atoms with E-state index in [0.717, 1.165) is 25.6 Å². The maximum absolute atomic E-state index is 11.7. The second-order valence-electron chi connectivity index (χ2n) is 5.52. The Labute approximate surface area is 104 Å². The highest BCUT2D eigenvalue weighted by Gasteiger charge is 2.29. The number of amides is 1. The van der Waals surface area contributed by atoms with Crippen LogP contribution in [0.3, 0.4) is 0 Å². The molecule has 2 rings (SSSR count). The van der Waals surface area contributed by atoms with Crippen molar-refractivity contribution in [2.75, 3.05) is 40.3 Å². The van der Waals surface area contributed by atoms with Crippen molar-refractivity contribution in [1.82, 2.24) is 15.1 Å². The number of carbonyl (C=O) groups is 1. The average molecular weight is 239 g/mol. The minimum absolute atomic E-state index is 0.286. The Balaban J connectivity index is 1.79. The number of carbonyl (C=O) groups excluding carboxylic acids is 1. The molecule has 0 radical (unpaired) electrons. The summed E-state index contributed by atoms with van der Waals surface area (Å²) in [4.78, 5) is 15.9. The first-order valence-electron chi connectivity index (χ1n) is 6.83. The molecule has 1 amide bonds. The van der Waals surface area contributed by atoms with E-state index < -0.39 is 0 Å². The summed E-state index contributed by atoms with van der Waals surface area (Å²) >= 11 is 0. The summed E-state index contributed by atoms with van der Waals surface area (Å²) in [5, 5.41) is 3.27. The Kier molecular flexibility index (Phi) is 4.40. The SMILES string of the molecule is CNCC1CCC(N2CCN(C)C(=O)C2)CC1. The first-order chi connectivity index (χ1) is 8.20. The summed E-state index contributed by atoms with van der Waals surface area (Å²) in [6.45, 7) is 3.74. The lowest BCUT2D eigenvalue weighted by Gasteiger charge is -2.40. The third-order valence-corrected chi connectivity index (χ3v) is 4.31. The zero-order chi connectivity index (χ0) is 12.3. The summed E-state index contributed by atoms with van der Waals surface area (Å²) in [5.74, 6) is 1.13. The van der Waals surface area contributed by atoms with Crippen LogP contribution in [0, 0.1) is 5.92 Å². The van der Waals surface area contributed by atoms with E-state index in [1.807, 2.05) is 19.0 Å². The van der Waals surface area contributed by atoms with Crippen LogP contribution in [0.2, 0.25) is 0 Å². The van der Waals surface area contributed by atoms with Crippen molar-refractivity contribution in [2.45, 2.75) is 31.7 Å². The number of rotatable bonds is 3. The Morgan fingerprint density at radius 2 is 1.94 bits per heavy atom. The van der Waals surface area contributed by atoms with Gasteiger partial charge in [0.2, 0.25) is 5.91 Å². The van der Waals surface area contributed by atoms with Crippen LogP contribution in [0.4, 0.5) is 0 Å².